The fraction of sp³-hybridized carbons (Fsp3) is 0.385. The lowest BCUT2D eigenvalue weighted by atomic mass is 9.91. The summed E-state index contributed by atoms with van der Waals surface area (Å²) in [5.41, 5.74) is 2.79. The van der Waals surface area contributed by atoms with Gasteiger partial charge in [-0.1, -0.05) is 20.4 Å². The first kappa shape index (κ1) is 26.7. The highest BCUT2D eigenvalue weighted by Gasteiger charge is 2.38. The van der Waals surface area contributed by atoms with Gasteiger partial charge in [-0.3, -0.25) is 9.78 Å². The van der Waals surface area contributed by atoms with Crippen molar-refractivity contribution in [2.75, 3.05) is 68.3 Å². The zero-order chi connectivity index (χ0) is 27.4. The first-order chi connectivity index (χ1) is 18.1. The Bertz CT molecular complexity index is 1330. The van der Waals surface area contributed by atoms with E-state index in [9.17, 15) is 4.79 Å². The van der Waals surface area contributed by atoms with Crippen LogP contribution in [0.1, 0.15) is 19.5 Å². The van der Waals surface area contributed by atoms with Gasteiger partial charge in [-0.25, -0.2) is 9.97 Å². The smallest absolute Gasteiger partial charge is 0.247 e. The minimum atomic E-state index is -0.350. The number of anilines is 6. The Morgan fingerprint density at radius 1 is 1.18 bits per heavy atom. The molecule has 0 saturated carbocycles. The van der Waals surface area contributed by atoms with Crippen molar-refractivity contribution in [1.82, 2.24) is 29.8 Å². The van der Waals surface area contributed by atoms with Crippen LogP contribution in [-0.4, -0.2) is 83.6 Å². The van der Waals surface area contributed by atoms with E-state index in [4.69, 9.17) is 4.74 Å². The molecule has 0 saturated heterocycles. The second kappa shape index (κ2) is 11.0. The number of likely N-dealkylation sites (N-methyl/N-ethyl adjacent to an activating group) is 2. The Morgan fingerprint density at radius 2 is 1.97 bits per heavy atom. The Balaban J connectivity index is 1.67. The van der Waals surface area contributed by atoms with Crippen LogP contribution in [0.4, 0.5) is 34.8 Å². The molecule has 2 N–H and O–H groups in total. The number of amides is 1. The van der Waals surface area contributed by atoms with Crippen molar-refractivity contribution in [3.05, 3.63) is 49.1 Å². The van der Waals surface area contributed by atoms with Gasteiger partial charge in [0.1, 0.15) is 12.0 Å². The van der Waals surface area contributed by atoms with Crippen LogP contribution in [0.3, 0.4) is 0 Å². The Hall–Kier alpha value is -4.32. The SMILES string of the molecule is C=CC(=O)Nc1cc(Nc2ncnc(N3CC(C)(C)c4ncccc43)n2)c(OC)nc1N(C)CCN(C)C. The van der Waals surface area contributed by atoms with Crippen molar-refractivity contribution in [1.29, 1.82) is 0 Å². The van der Waals surface area contributed by atoms with E-state index in [2.05, 4.69) is 60.9 Å². The fourth-order valence-corrected chi connectivity index (χ4v) is 4.22. The van der Waals surface area contributed by atoms with Crippen LogP contribution >= 0.6 is 0 Å². The normalized spacial score (nSPS) is 13.7. The molecule has 4 rings (SSSR count). The van der Waals surface area contributed by atoms with Crippen molar-refractivity contribution in [2.45, 2.75) is 19.3 Å². The van der Waals surface area contributed by atoms with Gasteiger partial charge in [-0.05, 0) is 38.4 Å². The first-order valence-electron chi connectivity index (χ1n) is 12.2. The third kappa shape index (κ3) is 5.65. The van der Waals surface area contributed by atoms with E-state index in [0.29, 0.717) is 48.1 Å². The summed E-state index contributed by atoms with van der Waals surface area (Å²) in [5.74, 6) is 1.34. The molecular formula is C26H34N10O2. The number of rotatable bonds is 10. The molecule has 12 nitrogen and oxygen atoms in total. The number of nitrogens with zero attached hydrogens (tertiary/aromatic N) is 8. The summed E-state index contributed by atoms with van der Waals surface area (Å²) in [4.78, 5) is 40.9. The number of fused-ring (bicyclic) bond motifs is 1. The van der Waals surface area contributed by atoms with Crippen molar-refractivity contribution in [3.63, 3.8) is 0 Å². The van der Waals surface area contributed by atoms with Gasteiger partial charge >= 0.3 is 0 Å². The fourth-order valence-electron chi connectivity index (χ4n) is 4.22. The molecule has 0 fully saturated rings. The van der Waals surface area contributed by atoms with E-state index in [0.717, 1.165) is 17.9 Å². The first-order valence-corrected chi connectivity index (χ1v) is 12.2. The summed E-state index contributed by atoms with van der Waals surface area (Å²) >= 11 is 0. The van der Waals surface area contributed by atoms with Crippen LogP contribution in [0.2, 0.25) is 0 Å². The number of pyridine rings is 2. The predicted octanol–water partition coefficient (Wildman–Crippen LogP) is 2.97. The number of methoxy groups -OCH3 is 1. The maximum atomic E-state index is 12.2. The zero-order valence-electron chi connectivity index (χ0n) is 22.7. The van der Waals surface area contributed by atoms with Crippen LogP contribution in [0.15, 0.2) is 43.4 Å². The van der Waals surface area contributed by atoms with Crippen molar-refractivity contribution < 1.29 is 9.53 Å². The molecule has 12 heteroatoms. The van der Waals surface area contributed by atoms with Crippen molar-refractivity contribution in [3.8, 4) is 5.88 Å². The lowest BCUT2D eigenvalue weighted by molar-refractivity contribution is -0.111. The predicted molar refractivity (Wildman–Crippen MR) is 149 cm³/mol. The van der Waals surface area contributed by atoms with Crippen LogP contribution in [0, 0.1) is 0 Å². The standard InChI is InChI=1S/C26H34N10O2/c1-8-20(37)30-17-14-18(23(38-7)32-22(17)35(6)13-12-34(4)5)31-24-28-16-29-25(33-24)36-15-26(2,3)21-19(36)10-9-11-27-21/h8-11,14,16H,1,12-13,15H2,2-7H3,(H,30,37)(H,28,29,31,33). The second-order valence-corrected chi connectivity index (χ2v) is 9.91. The number of carbonyl (C=O) groups is 1. The molecule has 3 aromatic heterocycles. The van der Waals surface area contributed by atoms with Gasteiger partial charge in [0, 0.05) is 38.3 Å². The Kier molecular flexibility index (Phi) is 7.72. The van der Waals surface area contributed by atoms with Gasteiger partial charge in [0.2, 0.25) is 23.7 Å². The molecular weight excluding hydrogens is 484 g/mol. The molecule has 0 aromatic carbocycles. The Morgan fingerprint density at radius 3 is 2.68 bits per heavy atom. The Labute approximate surface area is 222 Å². The summed E-state index contributed by atoms with van der Waals surface area (Å²) in [7, 11) is 7.44. The minimum absolute atomic E-state index is 0.156. The van der Waals surface area contributed by atoms with Crippen LogP contribution in [0.5, 0.6) is 5.88 Å². The monoisotopic (exact) mass is 518 g/mol. The third-order valence-electron chi connectivity index (χ3n) is 6.17. The number of nitrogens with one attached hydrogen (secondary N) is 2. The number of hydrogen-bond donors (Lipinski definition) is 2. The van der Waals surface area contributed by atoms with Gasteiger partial charge in [-0.15, -0.1) is 0 Å². The minimum Gasteiger partial charge on any atom is -0.479 e. The molecule has 3 aromatic rings. The molecule has 0 spiro atoms. The van der Waals surface area contributed by atoms with Gasteiger partial charge in [-0.2, -0.15) is 9.97 Å². The lowest BCUT2D eigenvalue weighted by Gasteiger charge is -2.24. The second-order valence-electron chi connectivity index (χ2n) is 9.91. The van der Waals surface area contributed by atoms with E-state index in [1.165, 1.54) is 19.5 Å². The zero-order valence-corrected chi connectivity index (χ0v) is 22.7. The number of hydrogen-bond acceptors (Lipinski definition) is 11. The molecule has 0 bridgehead atoms. The van der Waals surface area contributed by atoms with Crippen LogP contribution in [-0.2, 0) is 10.2 Å². The van der Waals surface area contributed by atoms with E-state index in [1.54, 1.807) is 12.3 Å². The third-order valence-corrected chi connectivity index (χ3v) is 6.17. The van der Waals surface area contributed by atoms with Gasteiger partial charge in [0.05, 0.1) is 24.2 Å². The van der Waals surface area contributed by atoms with Crippen molar-refractivity contribution >= 4 is 40.7 Å². The summed E-state index contributed by atoms with van der Waals surface area (Å²) in [6.07, 6.45) is 4.47. The highest BCUT2D eigenvalue weighted by Crippen LogP contribution is 2.42. The summed E-state index contributed by atoms with van der Waals surface area (Å²) < 4.78 is 5.59. The quantitative estimate of drug-likeness (QED) is 0.385. The average Bonchev–Trinajstić information content (AvgIpc) is 3.18. The maximum Gasteiger partial charge on any atom is 0.247 e. The lowest BCUT2D eigenvalue weighted by Crippen LogP contribution is -2.30. The molecule has 0 atom stereocenters. The molecule has 38 heavy (non-hydrogen) atoms. The summed E-state index contributed by atoms with van der Waals surface area (Å²) in [6, 6.07) is 5.66. The largest absolute Gasteiger partial charge is 0.479 e. The van der Waals surface area contributed by atoms with E-state index in [-0.39, 0.29) is 11.3 Å². The molecule has 1 aliphatic heterocycles. The van der Waals surface area contributed by atoms with E-state index >= 15 is 0 Å². The highest BCUT2D eigenvalue weighted by atomic mass is 16.5. The summed E-state index contributed by atoms with van der Waals surface area (Å²) in [5, 5.41) is 6.03. The average molecular weight is 519 g/mol. The highest BCUT2D eigenvalue weighted by molar-refractivity contribution is 6.01. The van der Waals surface area contributed by atoms with E-state index < -0.39 is 0 Å². The van der Waals surface area contributed by atoms with Crippen LogP contribution in [0.25, 0.3) is 0 Å². The van der Waals surface area contributed by atoms with E-state index in [1.807, 2.05) is 43.1 Å². The molecule has 0 aliphatic carbocycles. The number of carbonyl (C=O) groups excluding carboxylic acids is 1. The molecule has 200 valence electrons. The topological polar surface area (TPSA) is 125 Å². The number of ether oxygens (including phenoxy) is 1. The summed E-state index contributed by atoms with van der Waals surface area (Å²) in [6.45, 7) is 10.0. The molecule has 1 aliphatic rings. The van der Waals surface area contributed by atoms with Gasteiger partial charge < -0.3 is 30.1 Å². The molecule has 0 radical (unpaired) electrons. The van der Waals surface area contributed by atoms with Crippen molar-refractivity contribution in [2.24, 2.45) is 0 Å². The molecule has 0 unspecified atom stereocenters. The molecule has 4 heterocycles. The van der Waals surface area contributed by atoms with Gasteiger partial charge in [0.25, 0.3) is 0 Å². The van der Waals surface area contributed by atoms with Gasteiger partial charge in [0.15, 0.2) is 5.82 Å². The number of aromatic nitrogens is 5. The van der Waals surface area contributed by atoms with Crippen LogP contribution < -0.4 is 25.2 Å². The maximum absolute atomic E-state index is 12.2. The molecule has 1 amide bonds.